The molecular formula is C12H21BrN4. The molecule has 0 radical (unpaired) electrons. The van der Waals surface area contributed by atoms with Gasteiger partial charge in [-0.2, -0.15) is 5.10 Å². The van der Waals surface area contributed by atoms with Crippen LogP contribution in [0.1, 0.15) is 38.4 Å². The number of nitrogens with two attached hydrogens (primary N) is 1. The molecule has 0 bridgehead atoms. The van der Waals surface area contributed by atoms with Gasteiger partial charge in [0.2, 0.25) is 0 Å². The zero-order chi connectivity index (χ0) is 12.6. The normalized spacial score (nSPS) is 19.8. The molecule has 1 fully saturated rings. The monoisotopic (exact) mass is 300 g/mol. The second-order valence-corrected chi connectivity index (χ2v) is 6.18. The van der Waals surface area contributed by atoms with E-state index in [1.165, 1.54) is 12.8 Å². The Labute approximate surface area is 111 Å². The first-order valence-electron chi connectivity index (χ1n) is 6.12. The van der Waals surface area contributed by atoms with E-state index in [0.29, 0.717) is 0 Å². The number of likely N-dealkylation sites (tertiary alicyclic amines) is 1. The highest BCUT2D eigenvalue weighted by molar-refractivity contribution is 9.10. The second kappa shape index (κ2) is 4.71. The summed E-state index contributed by atoms with van der Waals surface area (Å²) in [4.78, 5) is 2.48. The Kier molecular flexibility index (Phi) is 3.61. The molecule has 2 rings (SSSR count). The third-order valence-corrected chi connectivity index (χ3v) is 4.53. The fourth-order valence-corrected chi connectivity index (χ4v) is 3.19. The van der Waals surface area contributed by atoms with E-state index in [-0.39, 0.29) is 11.6 Å². The summed E-state index contributed by atoms with van der Waals surface area (Å²) in [7, 11) is 1.94. The summed E-state index contributed by atoms with van der Waals surface area (Å²) >= 11 is 3.54. The van der Waals surface area contributed by atoms with E-state index in [1.54, 1.807) is 0 Å². The van der Waals surface area contributed by atoms with Crippen LogP contribution in [0.4, 0.5) is 0 Å². The van der Waals surface area contributed by atoms with Crippen LogP contribution in [-0.2, 0) is 7.05 Å². The van der Waals surface area contributed by atoms with Gasteiger partial charge in [-0.3, -0.25) is 9.58 Å². The highest BCUT2D eigenvalue weighted by Gasteiger charge is 2.37. The van der Waals surface area contributed by atoms with Gasteiger partial charge in [-0.25, -0.2) is 0 Å². The van der Waals surface area contributed by atoms with Crippen LogP contribution in [0.15, 0.2) is 10.7 Å². The Morgan fingerprint density at radius 2 is 2.00 bits per heavy atom. The van der Waals surface area contributed by atoms with Crippen molar-refractivity contribution in [2.45, 2.75) is 38.3 Å². The highest BCUT2D eigenvalue weighted by atomic mass is 79.9. The Hall–Kier alpha value is -0.390. The third-order valence-electron chi connectivity index (χ3n) is 3.91. The summed E-state index contributed by atoms with van der Waals surface area (Å²) in [6.07, 6.45) is 4.38. The Bertz CT molecular complexity index is 374. The van der Waals surface area contributed by atoms with E-state index in [4.69, 9.17) is 5.73 Å². The van der Waals surface area contributed by atoms with Gasteiger partial charge in [-0.15, -0.1) is 0 Å². The fraction of sp³-hybridized carbons (Fsp3) is 0.750. The lowest BCUT2D eigenvalue weighted by atomic mass is 9.91. The van der Waals surface area contributed by atoms with Crippen LogP contribution >= 0.6 is 15.9 Å². The fourth-order valence-electron chi connectivity index (χ4n) is 2.59. The predicted octanol–water partition coefficient (Wildman–Crippen LogP) is 2.06. The minimum Gasteiger partial charge on any atom is -0.321 e. The van der Waals surface area contributed by atoms with Crippen LogP contribution < -0.4 is 5.73 Å². The van der Waals surface area contributed by atoms with Gasteiger partial charge >= 0.3 is 0 Å². The van der Waals surface area contributed by atoms with Crippen molar-refractivity contribution in [3.8, 4) is 0 Å². The molecule has 5 heteroatoms. The highest BCUT2D eigenvalue weighted by Crippen LogP contribution is 2.34. The molecule has 2 heterocycles. The smallest absolute Gasteiger partial charge is 0.0708 e. The summed E-state index contributed by atoms with van der Waals surface area (Å²) in [5.74, 6) is 0. The Balaban J connectivity index is 2.26. The summed E-state index contributed by atoms with van der Waals surface area (Å²) in [5.41, 5.74) is 7.50. The number of hydrogen-bond donors (Lipinski definition) is 1. The topological polar surface area (TPSA) is 47.1 Å². The van der Waals surface area contributed by atoms with Gasteiger partial charge < -0.3 is 5.73 Å². The van der Waals surface area contributed by atoms with E-state index in [0.717, 1.165) is 23.3 Å². The summed E-state index contributed by atoms with van der Waals surface area (Å²) in [6.45, 7) is 6.75. The van der Waals surface area contributed by atoms with Crippen molar-refractivity contribution in [1.82, 2.24) is 14.7 Å². The lowest BCUT2D eigenvalue weighted by molar-refractivity contribution is 0.120. The summed E-state index contributed by atoms with van der Waals surface area (Å²) in [6, 6.07) is -0.0394. The zero-order valence-corrected chi connectivity index (χ0v) is 12.4. The number of nitrogens with zero attached hydrogens (tertiary/aromatic N) is 3. The van der Waals surface area contributed by atoms with E-state index < -0.39 is 0 Å². The number of aryl methyl sites for hydroxylation is 1. The van der Waals surface area contributed by atoms with Crippen molar-refractivity contribution < 1.29 is 0 Å². The van der Waals surface area contributed by atoms with Crippen molar-refractivity contribution in [2.24, 2.45) is 12.8 Å². The molecule has 1 unspecified atom stereocenters. The molecule has 96 valence electrons. The van der Waals surface area contributed by atoms with Gasteiger partial charge in [0, 0.05) is 12.6 Å². The van der Waals surface area contributed by atoms with Gasteiger partial charge in [-0.1, -0.05) is 0 Å². The van der Waals surface area contributed by atoms with Crippen LogP contribution in [0.2, 0.25) is 0 Å². The molecule has 1 aromatic rings. The third kappa shape index (κ3) is 2.28. The molecule has 0 saturated carbocycles. The quantitative estimate of drug-likeness (QED) is 0.929. The van der Waals surface area contributed by atoms with E-state index >= 15 is 0 Å². The minimum absolute atomic E-state index is 0.0349. The number of halogens is 1. The van der Waals surface area contributed by atoms with Gasteiger partial charge in [0.15, 0.2) is 0 Å². The zero-order valence-electron chi connectivity index (χ0n) is 10.8. The van der Waals surface area contributed by atoms with E-state index in [2.05, 4.69) is 39.8 Å². The molecule has 1 aliphatic rings. The Morgan fingerprint density at radius 3 is 2.47 bits per heavy atom. The molecule has 0 aliphatic carbocycles. The first kappa shape index (κ1) is 13.1. The number of rotatable bonds is 3. The lowest BCUT2D eigenvalue weighted by Gasteiger charge is -2.40. The number of hydrogen-bond acceptors (Lipinski definition) is 3. The largest absolute Gasteiger partial charge is 0.321 e. The minimum atomic E-state index is -0.0394. The van der Waals surface area contributed by atoms with Crippen LogP contribution in [0.5, 0.6) is 0 Å². The van der Waals surface area contributed by atoms with Crippen molar-refractivity contribution in [3.63, 3.8) is 0 Å². The maximum Gasteiger partial charge on any atom is 0.0708 e. The van der Waals surface area contributed by atoms with Gasteiger partial charge in [0.25, 0.3) is 0 Å². The molecule has 1 atom stereocenters. The molecule has 17 heavy (non-hydrogen) atoms. The Morgan fingerprint density at radius 1 is 1.41 bits per heavy atom. The average molecular weight is 301 g/mol. The van der Waals surface area contributed by atoms with Gasteiger partial charge in [0.1, 0.15) is 0 Å². The number of aromatic nitrogens is 2. The molecule has 1 aromatic heterocycles. The van der Waals surface area contributed by atoms with Crippen molar-refractivity contribution in [1.29, 1.82) is 0 Å². The SMILES string of the molecule is Cn1ncc(Br)c1C(N)C(C)(C)N1CCCC1. The maximum absolute atomic E-state index is 6.47. The van der Waals surface area contributed by atoms with Crippen LogP contribution in [0, 0.1) is 0 Å². The summed E-state index contributed by atoms with van der Waals surface area (Å²) < 4.78 is 2.87. The molecule has 0 spiro atoms. The molecule has 0 amide bonds. The molecule has 0 aromatic carbocycles. The van der Waals surface area contributed by atoms with Crippen molar-refractivity contribution in [3.05, 3.63) is 16.4 Å². The van der Waals surface area contributed by atoms with Gasteiger partial charge in [0.05, 0.1) is 22.4 Å². The van der Waals surface area contributed by atoms with Gasteiger partial charge in [-0.05, 0) is 55.7 Å². The predicted molar refractivity (Wildman–Crippen MR) is 72.7 cm³/mol. The molecule has 1 aliphatic heterocycles. The first-order valence-corrected chi connectivity index (χ1v) is 6.92. The molecule has 1 saturated heterocycles. The van der Waals surface area contributed by atoms with Crippen LogP contribution in [0.3, 0.4) is 0 Å². The second-order valence-electron chi connectivity index (χ2n) is 5.33. The van der Waals surface area contributed by atoms with E-state index in [9.17, 15) is 0 Å². The molecular weight excluding hydrogens is 280 g/mol. The van der Waals surface area contributed by atoms with E-state index in [1.807, 2.05) is 17.9 Å². The standard InChI is InChI=1S/C12H21BrN4/c1-12(2,17-6-4-5-7-17)11(14)10-9(13)8-15-16(10)3/h8,11H,4-7,14H2,1-3H3. The van der Waals surface area contributed by atoms with Crippen LogP contribution in [0.25, 0.3) is 0 Å². The lowest BCUT2D eigenvalue weighted by Crippen LogP contribution is -2.50. The molecule has 4 nitrogen and oxygen atoms in total. The van der Waals surface area contributed by atoms with Crippen molar-refractivity contribution in [2.75, 3.05) is 13.1 Å². The molecule has 2 N–H and O–H groups in total. The first-order chi connectivity index (χ1) is 7.94. The van der Waals surface area contributed by atoms with Crippen molar-refractivity contribution >= 4 is 15.9 Å². The van der Waals surface area contributed by atoms with Crippen LogP contribution in [-0.4, -0.2) is 33.3 Å². The average Bonchev–Trinajstić information content (AvgIpc) is 2.88. The summed E-state index contributed by atoms with van der Waals surface area (Å²) in [5, 5.41) is 4.25. The maximum atomic E-state index is 6.47.